The molecule has 1 fully saturated rings. The summed E-state index contributed by atoms with van der Waals surface area (Å²) in [5, 5.41) is 5.37. The molecule has 200 valence electrons. The molecular weight excluding hydrogens is 494 g/mol. The predicted molar refractivity (Wildman–Crippen MR) is 146 cm³/mol. The number of hydrogen-bond acceptors (Lipinski definition) is 7. The second-order valence-electron chi connectivity index (χ2n) is 9.35. The number of amides is 3. The Balaban J connectivity index is 1.67. The fourth-order valence-electron chi connectivity index (χ4n) is 4.29. The molecule has 0 spiro atoms. The van der Waals surface area contributed by atoms with Crippen LogP contribution in [-0.2, 0) is 6.42 Å². The number of aromatic nitrogens is 2. The van der Waals surface area contributed by atoms with Gasteiger partial charge in [0.25, 0.3) is 5.91 Å². The van der Waals surface area contributed by atoms with Gasteiger partial charge in [0.15, 0.2) is 28.4 Å². The number of anilines is 2. The van der Waals surface area contributed by atoms with Crippen molar-refractivity contribution in [1.82, 2.24) is 25.5 Å². The number of halogens is 1. The fraction of sp³-hybridized carbons (Fsp3) is 0.480. The molecule has 1 saturated heterocycles. The van der Waals surface area contributed by atoms with Crippen molar-refractivity contribution in [3.63, 3.8) is 0 Å². The van der Waals surface area contributed by atoms with Crippen LogP contribution in [0, 0.1) is 5.41 Å². The van der Waals surface area contributed by atoms with Gasteiger partial charge in [-0.1, -0.05) is 55.3 Å². The lowest BCUT2D eigenvalue weighted by molar-refractivity contribution is 0.0970. The number of unbranched alkanes of at least 4 members (excludes halogenated alkanes) is 1. The van der Waals surface area contributed by atoms with Crippen LogP contribution in [-0.4, -0.2) is 58.9 Å². The minimum atomic E-state index is -0.676. The maximum atomic E-state index is 12.6. The van der Waals surface area contributed by atoms with E-state index in [-0.39, 0.29) is 39.9 Å². The average Bonchev–Trinajstić information content (AvgIpc) is 2.89. The zero-order valence-corrected chi connectivity index (χ0v) is 21.9. The lowest BCUT2D eigenvalue weighted by Gasteiger charge is -2.41. The quantitative estimate of drug-likeness (QED) is 0.188. The molecule has 11 nitrogen and oxygen atoms in total. The summed E-state index contributed by atoms with van der Waals surface area (Å²) in [6.45, 7) is 4.44. The molecule has 1 aliphatic heterocycles. The predicted octanol–water partition coefficient (Wildman–Crippen LogP) is 2.56. The third-order valence-electron chi connectivity index (χ3n) is 6.65. The number of carbonyl (C=O) groups is 2. The van der Waals surface area contributed by atoms with E-state index in [2.05, 4.69) is 44.7 Å². The standard InChI is InChI=1S/C25H36ClN9O2/c1-2-3-13-30-24(37)35-14-11-25(12-15-35,10-9-17-7-5-4-6-8-17)16-31-23(29)34-22(36)18-20(27)33-21(28)19(26)32-18/h4-8H,2-3,9-16H2,1H3,(H,30,37)(H4,27,28,33)(H3,29,31,34,36). The summed E-state index contributed by atoms with van der Waals surface area (Å²) in [7, 11) is 0. The van der Waals surface area contributed by atoms with E-state index < -0.39 is 5.91 Å². The van der Waals surface area contributed by atoms with Gasteiger partial charge in [-0.25, -0.2) is 14.8 Å². The van der Waals surface area contributed by atoms with E-state index in [0.29, 0.717) is 26.2 Å². The highest BCUT2D eigenvalue weighted by Gasteiger charge is 2.35. The van der Waals surface area contributed by atoms with Gasteiger partial charge in [-0.3, -0.25) is 15.1 Å². The molecular formula is C25H36ClN9O2. The van der Waals surface area contributed by atoms with E-state index in [4.69, 9.17) is 28.8 Å². The summed E-state index contributed by atoms with van der Waals surface area (Å²) in [5.41, 5.74) is 18.3. The first kappa shape index (κ1) is 28.0. The minimum absolute atomic E-state index is 0.0266. The molecule has 0 bridgehead atoms. The molecule has 1 aliphatic rings. The zero-order chi connectivity index (χ0) is 26.8. The van der Waals surface area contributed by atoms with Crippen LogP contribution in [0.25, 0.3) is 0 Å². The molecule has 1 aromatic carbocycles. The highest BCUT2D eigenvalue weighted by molar-refractivity contribution is 6.31. The zero-order valence-electron chi connectivity index (χ0n) is 21.2. The molecule has 3 amide bonds. The minimum Gasteiger partial charge on any atom is -0.382 e. The highest BCUT2D eigenvalue weighted by Crippen LogP contribution is 2.37. The van der Waals surface area contributed by atoms with E-state index in [1.54, 1.807) is 0 Å². The number of nitrogens with one attached hydrogen (secondary N) is 2. The summed E-state index contributed by atoms with van der Waals surface area (Å²) < 4.78 is 0. The highest BCUT2D eigenvalue weighted by atomic mass is 35.5. The molecule has 12 heteroatoms. The van der Waals surface area contributed by atoms with E-state index in [1.165, 1.54) is 5.56 Å². The first-order valence-electron chi connectivity index (χ1n) is 12.5. The van der Waals surface area contributed by atoms with Crippen molar-refractivity contribution in [3.8, 4) is 0 Å². The number of hydrogen-bond donors (Lipinski definition) is 5. The number of aryl methyl sites for hydroxylation is 1. The number of guanidine groups is 1. The van der Waals surface area contributed by atoms with Gasteiger partial charge in [-0.15, -0.1) is 0 Å². The van der Waals surface area contributed by atoms with Crippen LogP contribution < -0.4 is 27.8 Å². The maximum absolute atomic E-state index is 12.6. The summed E-state index contributed by atoms with van der Waals surface area (Å²) in [6.07, 6.45) is 5.29. The van der Waals surface area contributed by atoms with Crippen molar-refractivity contribution in [2.75, 3.05) is 37.6 Å². The first-order valence-corrected chi connectivity index (χ1v) is 12.9. The number of benzene rings is 1. The number of likely N-dealkylation sites (tertiary alicyclic amines) is 1. The van der Waals surface area contributed by atoms with E-state index >= 15 is 0 Å². The van der Waals surface area contributed by atoms with Crippen LogP contribution in [0.4, 0.5) is 16.4 Å². The number of nitrogen functional groups attached to an aromatic ring is 2. The summed E-state index contributed by atoms with van der Waals surface area (Å²) in [6, 6.07) is 10.2. The monoisotopic (exact) mass is 529 g/mol. The number of aliphatic imine (C=N–C) groups is 1. The second-order valence-corrected chi connectivity index (χ2v) is 9.71. The van der Waals surface area contributed by atoms with Crippen molar-refractivity contribution in [1.29, 1.82) is 0 Å². The van der Waals surface area contributed by atoms with Gasteiger partial charge in [0.1, 0.15) is 0 Å². The Morgan fingerprint density at radius 1 is 1.14 bits per heavy atom. The van der Waals surface area contributed by atoms with Gasteiger partial charge in [0.05, 0.1) is 0 Å². The van der Waals surface area contributed by atoms with Crippen LogP contribution in [0.2, 0.25) is 5.15 Å². The Morgan fingerprint density at radius 2 is 1.84 bits per heavy atom. The van der Waals surface area contributed by atoms with Crippen LogP contribution in [0.3, 0.4) is 0 Å². The lowest BCUT2D eigenvalue weighted by atomic mass is 9.74. The number of urea groups is 1. The Labute approximate surface area is 222 Å². The van der Waals surface area contributed by atoms with Crippen molar-refractivity contribution >= 4 is 41.1 Å². The lowest BCUT2D eigenvalue weighted by Crippen LogP contribution is -2.49. The first-order chi connectivity index (χ1) is 17.7. The van der Waals surface area contributed by atoms with E-state index in [1.807, 2.05) is 23.1 Å². The number of carbonyl (C=O) groups excluding carboxylic acids is 2. The Bertz CT molecular complexity index is 1100. The summed E-state index contributed by atoms with van der Waals surface area (Å²) in [5.74, 6) is -0.956. The second kappa shape index (κ2) is 13.1. The molecule has 37 heavy (non-hydrogen) atoms. The van der Waals surface area contributed by atoms with Gasteiger partial charge in [0.2, 0.25) is 0 Å². The van der Waals surface area contributed by atoms with Gasteiger partial charge >= 0.3 is 6.03 Å². The van der Waals surface area contributed by atoms with E-state index in [9.17, 15) is 9.59 Å². The SMILES string of the molecule is CCCCNC(=O)N1CCC(CCc2ccccc2)(CN=C(N)NC(=O)c2nc(Cl)c(N)nc2N)CC1. The largest absolute Gasteiger partial charge is 0.382 e. The van der Waals surface area contributed by atoms with Gasteiger partial charge in [-0.2, -0.15) is 0 Å². The molecule has 0 atom stereocenters. The fourth-order valence-corrected chi connectivity index (χ4v) is 4.41. The van der Waals surface area contributed by atoms with Crippen molar-refractivity contribution in [2.24, 2.45) is 16.1 Å². The Kier molecular flexibility index (Phi) is 9.90. The molecule has 3 rings (SSSR count). The average molecular weight is 530 g/mol. The number of nitrogens with zero attached hydrogens (tertiary/aromatic N) is 4. The van der Waals surface area contributed by atoms with Crippen molar-refractivity contribution in [2.45, 2.75) is 45.4 Å². The van der Waals surface area contributed by atoms with Crippen molar-refractivity contribution in [3.05, 3.63) is 46.7 Å². The van der Waals surface area contributed by atoms with Crippen LogP contribution in [0.1, 0.15) is 55.1 Å². The Hall–Kier alpha value is -3.60. The normalized spacial score (nSPS) is 15.3. The Morgan fingerprint density at radius 3 is 2.51 bits per heavy atom. The molecule has 0 aliphatic carbocycles. The number of piperidine rings is 1. The molecule has 0 unspecified atom stereocenters. The van der Waals surface area contributed by atoms with Crippen LogP contribution in [0.5, 0.6) is 0 Å². The number of nitrogens with two attached hydrogens (primary N) is 3. The van der Waals surface area contributed by atoms with Crippen LogP contribution >= 0.6 is 11.6 Å². The number of rotatable bonds is 9. The molecule has 2 heterocycles. The third kappa shape index (κ3) is 7.94. The summed E-state index contributed by atoms with van der Waals surface area (Å²) >= 11 is 5.87. The molecule has 1 aromatic heterocycles. The summed E-state index contributed by atoms with van der Waals surface area (Å²) in [4.78, 5) is 39.2. The van der Waals surface area contributed by atoms with Gasteiger partial charge in [-0.05, 0) is 43.1 Å². The maximum Gasteiger partial charge on any atom is 0.317 e. The van der Waals surface area contributed by atoms with Gasteiger partial charge in [0, 0.05) is 26.2 Å². The van der Waals surface area contributed by atoms with Crippen molar-refractivity contribution < 1.29 is 9.59 Å². The smallest absolute Gasteiger partial charge is 0.317 e. The van der Waals surface area contributed by atoms with Crippen LogP contribution in [0.15, 0.2) is 35.3 Å². The topological polar surface area (TPSA) is 178 Å². The molecule has 0 saturated carbocycles. The molecule has 2 aromatic rings. The third-order valence-corrected chi connectivity index (χ3v) is 6.93. The molecule has 8 N–H and O–H groups in total. The van der Waals surface area contributed by atoms with Gasteiger partial charge < -0.3 is 27.4 Å². The van der Waals surface area contributed by atoms with E-state index in [0.717, 1.165) is 38.5 Å². The molecule has 0 radical (unpaired) electrons.